The molecule has 0 aliphatic carbocycles. The lowest BCUT2D eigenvalue weighted by Crippen LogP contribution is -2.46. The Bertz CT molecular complexity index is 336. The maximum Gasteiger partial charge on any atom is 0.323 e. The third kappa shape index (κ3) is 8.31. The second kappa shape index (κ2) is 12.8. The van der Waals surface area contributed by atoms with Gasteiger partial charge in [-0.1, -0.05) is 104 Å². The minimum Gasteiger partial charge on any atom is -0.480 e. The summed E-state index contributed by atoms with van der Waals surface area (Å²) in [6.07, 6.45) is 8.82. The van der Waals surface area contributed by atoms with Crippen LogP contribution in [0, 0.1) is 0 Å². The number of esters is 1. The van der Waals surface area contributed by atoms with Gasteiger partial charge in [0.1, 0.15) is 7.35 Å². The van der Waals surface area contributed by atoms with Gasteiger partial charge < -0.3 is 9.84 Å². The average molecular weight is 538 g/mol. The van der Waals surface area contributed by atoms with Crippen molar-refractivity contribution in [3.8, 4) is 0 Å². The van der Waals surface area contributed by atoms with Gasteiger partial charge in [0.25, 0.3) is 0 Å². The molecule has 22 heavy (non-hydrogen) atoms. The molecule has 0 amide bonds. The molecule has 1 N–H and O–H groups in total. The number of hydrogen-bond acceptors (Lipinski definition) is 3. The molecule has 0 heterocycles. The molecule has 2 atom stereocenters. The first-order chi connectivity index (χ1) is 10.4. The minimum absolute atomic E-state index is 0.372. The molecule has 0 spiro atoms. The normalized spacial score (nSPS) is 15.1. The van der Waals surface area contributed by atoms with Gasteiger partial charge >= 0.3 is 11.9 Å². The van der Waals surface area contributed by atoms with Crippen molar-refractivity contribution < 1.29 is 19.4 Å². The lowest BCUT2D eigenvalue weighted by molar-refractivity contribution is -0.149. The average Bonchev–Trinajstić information content (AvgIpc) is 2.50. The number of halogens is 2. The lowest BCUT2D eigenvalue weighted by Gasteiger charge is -2.28. The number of carbonyl (C=O) groups excluding carboxylic acids is 1. The number of carboxylic acid groups (broad SMARTS) is 1. The van der Waals surface area contributed by atoms with Gasteiger partial charge in [0.2, 0.25) is 0 Å². The van der Waals surface area contributed by atoms with E-state index in [0.29, 0.717) is 13.0 Å². The van der Waals surface area contributed by atoms with Crippen LogP contribution < -0.4 is 0 Å². The van der Waals surface area contributed by atoms with E-state index in [9.17, 15) is 14.7 Å². The third-order valence-corrected chi connectivity index (χ3v) is 7.97. The summed E-state index contributed by atoms with van der Waals surface area (Å²) in [4.78, 5) is 23.7. The quantitative estimate of drug-likeness (QED) is 0.153. The van der Waals surface area contributed by atoms with Crippen molar-refractivity contribution in [3.05, 3.63) is 0 Å². The number of carbonyl (C=O) groups is 2. The number of unbranched alkanes of at least 4 members (excludes halogenated alkanes) is 6. The highest BCUT2D eigenvalue weighted by atomic mass is 127. The van der Waals surface area contributed by atoms with E-state index >= 15 is 0 Å². The van der Waals surface area contributed by atoms with Gasteiger partial charge in [-0.15, -0.1) is 0 Å². The SMILES string of the molecule is CCCCCCOC(=O)C(I)(CCCCCC)C(I)C(=O)O. The molecule has 6 heteroatoms. The number of carboxylic acids is 1. The van der Waals surface area contributed by atoms with Gasteiger partial charge in [0.05, 0.1) is 6.61 Å². The Hall–Kier alpha value is 0.400. The largest absolute Gasteiger partial charge is 0.480 e. The van der Waals surface area contributed by atoms with Crippen LogP contribution >= 0.6 is 45.2 Å². The standard InChI is InChI=1S/C16H28I2O4/c1-3-5-7-9-11-16(18,13(17)14(19)20)15(21)22-12-10-8-6-4-2/h13H,3-12H2,1-2H3,(H,19,20). The van der Waals surface area contributed by atoms with Gasteiger partial charge in [-0.2, -0.15) is 0 Å². The van der Waals surface area contributed by atoms with Crippen molar-refractivity contribution in [1.82, 2.24) is 0 Å². The van der Waals surface area contributed by atoms with Crippen LogP contribution in [0.5, 0.6) is 0 Å². The van der Waals surface area contributed by atoms with Crippen LogP contribution in [0.15, 0.2) is 0 Å². The molecule has 0 aromatic carbocycles. The zero-order valence-electron chi connectivity index (χ0n) is 13.6. The summed E-state index contributed by atoms with van der Waals surface area (Å²) in [7, 11) is 0. The van der Waals surface area contributed by atoms with Crippen LogP contribution in [0.2, 0.25) is 0 Å². The van der Waals surface area contributed by atoms with E-state index in [1.165, 1.54) is 0 Å². The van der Waals surface area contributed by atoms with Crippen molar-refractivity contribution in [2.45, 2.75) is 79.0 Å². The Morgan fingerprint density at radius 2 is 1.59 bits per heavy atom. The second-order valence-corrected chi connectivity index (χ2v) is 8.74. The van der Waals surface area contributed by atoms with Crippen LogP contribution in [0.4, 0.5) is 0 Å². The van der Waals surface area contributed by atoms with Crippen molar-refractivity contribution in [1.29, 1.82) is 0 Å². The Morgan fingerprint density at radius 3 is 2.09 bits per heavy atom. The molecule has 0 aromatic rings. The van der Waals surface area contributed by atoms with Crippen LogP contribution in [0.25, 0.3) is 0 Å². The smallest absolute Gasteiger partial charge is 0.323 e. The van der Waals surface area contributed by atoms with Gasteiger partial charge in [-0.05, 0) is 12.8 Å². The molecule has 0 saturated carbocycles. The monoisotopic (exact) mass is 538 g/mol. The third-order valence-electron chi connectivity index (χ3n) is 3.58. The Kier molecular flexibility index (Phi) is 13.0. The molecule has 130 valence electrons. The van der Waals surface area contributed by atoms with Crippen molar-refractivity contribution >= 4 is 57.1 Å². The van der Waals surface area contributed by atoms with E-state index in [-0.39, 0.29) is 5.97 Å². The zero-order chi connectivity index (χ0) is 17.0. The van der Waals surface area contributed by atoms with E-state index in [4.69, 9.17) is 4.74 Å². The zero-order valence-corrected chi connectivity index (χ0v) is 17.9. The Labute approximate surface area is 161 Å². The summed E-state index contributed by atoms with van der Waals surface area (Å²) in [5.74, 6) is -1.32. The van der Waals surface area contributed by atoms with Crippen LogP contribution in [-0.4, -0.2) is 31.0 Å². The molecule has 0 aromatic heterocycles. The number of hydrogen-bond donors (Lipinski definition) is 1. The fourth-order valence-corrected chi connectivity index (χ4v) is 3.52. The van der Waals surface area contributed by atoms with Crippen LogP contribution in [0.3, 0.4) is 0 Å². The molecule has 0 bridgehead atoms. The highest BCUT2D eigenvalue weighted by Crippen LogP contribution is 2.36. The molecule has 0 rings (SSSR count). The van der Waals surface area contributed by atoms with E-state index in [0.717, 1.165) is 51.4 Å². The van der Waals surface area contributed by atoms with E-state index in [1.54, 1.807) is 0 Å². The van der Waals surface area contributed by atoms with Gasteiger partial charge in [0, 0.05) is 0 Å². The topological polar surface area (TPSA) is 63.6 Å². The second-order valence-electron chi connectivity index (χ2n) is 5.57. The van der Waals surface area contributed by atoms with Gasteiger partial charge in [-0.3, -0.25) is 9.59 Å². The predicted molar refractivity (Wildman–Crippen MR) is 106 cm³/mol. The molecule has 0 aliphatic heterocycles. The van der Waals surface area contributed by atoms with E-state index in [1.807, 2.05) is 45.2 Å². The van der Waals surface area contributed by atoms with E-state index in [2.05, 4.69) is 13.8 Å². The summed E-state index contributed by atoms with van der Waals surface area (Å²) in [6.45, 7) is 4.65. The summed E-state index contributed by atoms with van der Waals surface area (Å²) in [6, 6.07) is 0. The molecular formula is C16H28I2O4. The maximum atomic E-state index is 12.4. The summed E-state index contributed by atoms with van der Waals surface area (Å²) >= 11 is 3.85. The number of rotatable bonds is 13. The number of ether oxygens (including phenoxy) is 1. The summed E-state index contributed by atoms with van der Waals surface area (Å²) in [5, 5.41) is 9.29. The fraction of sp³-hybridized carbons (Fsp3) is 0.875. The van der Waals surface area contributed by atoms with Crippen LogP contribution in [-0.2, 0) is 14.3 Å². The van der Waals surface area contributed by atoms with Crippen molar-refractivity contribution in [2.75, 3.05) is 6.61 Å². The molecule has 0 radical (unpaired) electrons. The molecule has 4 nitrogen and oxygen atoms in total. The van der Waals surface area contributed by atoms with Gasteiger partial charge in [0.15, 0.2) is 0 Å². The predicted octanol–water partition coefficient (Wildman–Crippen LogP) is 5.14. The molecular weight excluding hydrogens is 510 g/mol. The summed E-state index contributed by atoms with van der Waals surface area (Å²) in [5.41, 5.74) is 0. The molecule has 0 aliphatic rings. The highest BCUT2D eigenvalue weighted by molar-refractivity contribution is 14.1. The first-order valence-electron chi connectivity index (χ1n) is 8.13. The Balaban J connectivity index is 4.55. The van der Waals surface area contributed by atoms with Crippen LogP contribution in [0.1, 0.15) is 71.6 Å². The number of alkyl halides is 2. The maximum absolute atomic E-state index is 12.4. The van der Waals surface area contributed by atoms with Crippen molar-refractivity contribution in [3.63, 3.8) is 0 Å². The first-order valence-corrected chi connectivity index (χ1v) is 10.5. The first kappa shape index (κ1) is 22.4. The van der Waals surface area contributed by atoms with Gasteiger partial charge in [-0.25, -0.2) is 0 Å². The van der Waals surface area contributed by atoms with Crippen molar-refractivity contribution in [2.24, 2.45) is 0 Å². The summed E-state index contributed by atoms with van der Waals surface area (Å²) < 4.78 is 3.63. The Morgan fingerprint density at radius 1 is 1.05 bits per heavy atom. The highest BCUT2D eigenvalue weighted by Gasteiger charge is 2.47. The minimum atomic E-state index is -0.970. The molecule has 0 saturated heterocycles. The number of aliphatic carboxylic acids is 1. The van der Waals surface area contributed by atoms with E-state index < -0.39 is 13.3 Å². The fourth-order valence-electron chi connectivity index (χ4n) is 2.15. The lowest BCUT2D eigenvalue weighted by atomic mass is 9.97. The molecule has 0 fully saturated rings. The molecule has 2 unspecified atom stereocenters.